The highest BCUT2D eigenvalue weighted by molar-refractivity contribution is 5.97. The number of aromatic nitrogens is 4. The molecule has 0 aromatic carbocycles. The van der Waals surface area contributed by atoms with Crippen molar-refractivity contribution in [3.05, 3.63) is 24.4 Å². The van der Waals surface area contributed by atoms with Gasteiger partial charge in [-0.2, -0.15) is 10.1 Å². The largest absolute Gasteiger partial charge is 0.368 e. The molecular weight excluding hydrogens is 276 g/mol. The summed E-state index contributed by atoms with van der Waals surface area (Å²) in [4.78, 5) is 8.76. The monoisotopic (exact) mass is 296 g/mol. The fourth-order valence-electron chi connectivity index (χ4n) is 3.26. The second-order valence-corrected chi connectivity index (χ2v) is 6.26. The molecule has 0 atom stereocenters. The van der Waals surface area contributed by atoms with Gasteiger partial charge in [0.25, 0.3) is 0 Å². The maximum atomic E-state index is 5.90. The normalized spacial score (nSPS) is 22.2. The molecule has 0 bridgehead atoms. The Kier molecular flexibility index (Phi) is 3.10. The van der Waals surface area contributed by atoms with E-state index in [1.807, 2.05) is 28.9 Å². The molecule has 0 unspecified atom stereocenters. The van der Waals surface area contributed by atoms with Gasteiger partial charge in [-0.1, -0.05) is 13.0 Å². The van der Waals surface area contributed by atoms with E-state index in [-0.39, 0.29) is 5.95 Å². The Hall–Kier alpha value is -2.37. The molecule has 1 aliphatic rings. The summed E-state index contributed by atoms with van der Waals surface area (Å²) in [6, 6.07) is 6.36. The molecule has 3 heterocycles. The molecule has 6 heteroatoms. The topological polar surface area (TPSA) is 81.1 Å². The Labute approximate surface area is 128 Å². The van der Waals surface area contributed by atoms with Gasteiger partial charge in [-0.05, 0) is 43.7 Å². The van der Waals surface area contributed by atoms with E-state index in [4.69, 9.17) is 5.73 Å². The molecule has 0 saturated heterocycles. The third-order valence-electron chi connectivity index (χ3n) is 4.55. The lowest BCUT2D eigenvalue weighted by Gasteiger charge is -2.27. The molecule has 3 aromatic heterocycles. The number of rotatable bonds is 2. The first kappa shape index (κ1) is 13.3. The molecule has 22 heavy (non-hydrogen) atoms. The minimum atomic E-state index is 0.290. The van der Waals surface area contributed by atoms with Crippen molar-refractivity contribution in [2.24, 2.45) is 5.92 Å². The summed E-state index contributed by atoms with van der Waals surface area (Å²) < 4.78 is 1.83. The van der Waals surface area contributed by atoms with Crippen molar-refractivity contribution in [1.29, 1.82) is 0 Å². The van der Waals surface area contributed by atoms with E-state index < -0.39 is 0 Å². The van der Waals surface area contributed by atoms with E-state index in [1.165, 1.54) is 25.7 Å². The number of fused-ring (bicyclic) bond motifs is 3. The van der Waals surface area contributed by atoms with E-state index >= 15 is 0 Å². The summed E-state index contributed by atoms with van der Waals surface area (Å²) >= 11 is 0. The SMILES string of the molecule is CC1CCC(Nc2nc(N)nc3c2nn2ccccc32)CC1. The number of anilines is 2. The van der Waals surface area contributed by atoms with Crippen molar-refractivity contribution in [2.75, 3.05) is 11.1 Å². The average Bonchev–Trinajstić information content (AvgIpc) is 2.89. The summed E-state index contributed by atoms with van der Waals surface area (Å²) in [7, 11) is 0. The summed E-state index contributed by atoms with van der Waals surface area (Å²) in [5.41, 5.74) is 8.45. The van der Waals surface area contributed by atoms with Gasteiger partial charge in [0.05, 0.1) is 5.52 Å². The number of nitrogens with one attached hydrogen (secondary N) is 1. The molecule has 0 spiro atoms. The summed E-state index contributed by atoms with van der Waals surface area (Å²) in [5, 5.41) is 8.15. The Balaban J connectivity index is 1.76. The number of hydrogen-bond acceptors (Lipinski definition) is 5. The summed E-state index contributed by atoms with van der Waals surface area (Å²) in [5.74, 6) is 1.87. The molecule has 3 N–H and O–H groups in total. The van der Waals surface area contributed by atoms with Gasteiger partial charge in [0.2, 0.25) is 5.95 Å². The third kappa shape index (κ3) is 2.24. The van der Waals surface area contributed by atoms with Crippen LogP contribution in [0.3, 0.4) is 0 Å². The second-order valence-electron chi connectivity index (χ2n) is 6.26. The highest BCUT2D eigenvalue weighted by atomic mass is 15.3. The van der Waals surface area contributed by atoms with Gasteiger partial charge in [0.1, 0.15) is 5.52 Å². The van der Waals surface area contributed by atoms with Crippen LogP contribution in [-0.2, 0) is 0 Å². The summed E-state index contributed by atoms with van der Waals surface area (Å²) in [6.07, 6.45) is 6.76. The van der Waals surface area contributed by atoms with Crippen LogP contribution in [0.5, 0.6) is 0 Å². The van der Waals surface area contributed by atoms with Crippen molar-refractivity contribution in [3.8, 4) is 0 Å². The van der Waals surface area contributed by atoms with Gasteiger partial charge in [-0.25, -0.2) is 9.50 Å². The number of hydrogen-bond donors (Lipinski definition) is 2. The Morgan fingerprint density at radius 2 is 1.95 bits per heavy atom. The number of nitrogens with two attached hydrogens (primary N) is 1. The maximum Gasteiger partial charge on any atom is 0.222 e. The van der Waals surface area contributed by atoms with Crippen LogP contribution in [-0.4, -0.2) is 25.6 Å². The first-order chi connectivity index (χ1) is 10.7. The quantitative estimate of drug-likeness (QED) is 0.760. The van der Waals surface area contributed by atoms with Crippen LogP contribution in [0.25, 0.3) is 16.6 Å². The Morgan fingerprint density at radius 1 is 1.14 bits per heavy atom. The molecule has 0 amide bonds. The molecule has 4 rings (SSSR count). The van der Waals surface area contributed by atoms with Crippen molar-refractivity contribution in [1.82, 2.24) is 19.6 Å². The van der Waals surface area contributed by atoms with E-state index in [0.717, 1.165) is 28.3 Å². The van der Waals surface area contributed by atoms with E-state index in [1.54, 1.807) is 0 Å². The lowest BCUT2D eigenvalue weighted by molar-refractivity contribution is 0.361. The van der Waals surface area contributed by atoms with E-state index in [0.29, 0.717) is 6.04 Å². The first-order valence-corrected chi connectivity index (χ1v) is 7.88. The number of nitrogen functional groups attached to an aromatic ring is 1. The fourth-order valence-corrected chi connectivity index (χ4v) is 3.26. The predicted molar refractivity (Wildman–Crippen MR) is 87.7 cm³/mol. The van der Waals surface area contributed by atoms with E-state index in [2.05, 4.69) is 27.3 Å². The van der Waals surface area contributed by atoms with Crippen LogP contribution in [0.4, 0.5) is 11.8 Å². The van der Waals surface area contributed by atoms with Crippen molar-refractivity contribution in [2.45, 2.75) is 38.6 Å². The van der Waals surface area contributed by atoms with Crippen LogP contribution in [0, 0.1) is 5.92 Å². The fraction of sp³-hybridized carbons (Fsp3) is 0.438. The lowest BCUT2D eigenvalue weighted by atomic mass is 9.87. The Bertz CT molecular complexity index is 816. The molecule has 0 aliphatic heterocycles. The van der Waals surface area contributed by atoms with Crippen molar-refractivity contribution >= 4 is 28.3 Å². The van der Waals surface area contributed by atoms with Gasteiger partial charge >= 0.3 is 0 Å². The van der Waals surface area contributed by atoms with Gasteiger partial charge in [-0.3, -0.25) is 0 Å². The molecule has 1 saturated carbocycles. The smallest absolute Gasteiger partial charge is 0.222 e. The van der Waals surface area contributed by atoms with Gasteiger partial charge in [0, 0.05) is 12.2 Å². The highest BCUT2D eigenvalue weighted by Gasteiger charge is 2.21. The molecule has 114 valence electrons. The van der Waals surface area contributed by atoms with Gasteiger partial charge in [0.15, 0.2) is 11.3 Å². The van der Waals surface area contributed by atoms with Gasteiger partial charge in [-0.15, -0.1) is 0 Å². The second kappa shape index (κ2) is 5.12. The molecule has 1 fully saturated rings. The average molecular weight is 296 g/mol. The molecule has 3 aromatic rings. The zero-order valence-corrected chi connectivity index (χ0v) is 12.7. The highest BCUT2D eigenvalue weighted by Crippen LogP contribution is 2.29. The standard InChI is InChI=1S/C16H20N6/c1-10-5-7-11(8-6-10)18-15-14-13(19-16(17)20-15)12-4-2-3-9-22(12)21-14/h2-4,9-11H,5-8H2,1H3,(H3,17,18,19,20). The van der Waals surface area contributed by atoms with Crippen LogP contribution < -0.4 is 11.1 Å². The zero-order valence-electron chi connectivity index (χ0n) is 12.7. The van der Waals surface area contributed by atoms with Gasteiger partial charge < -0.3 is 11.1 Å². The van der Waals surface area contributed by atoms with Crippen LogP contribution in [0.1, 0.15) is 32.6 Å². The lowest BCUT2D eigenvalue weighted by Crippen LogP contribution is -2.26. The molecule has 6 nitrogen and oxygen atoms in total. The number of nitrogens with zero attached hydrogens (tertiary/aromatic N) is 4. The minimum Gasteiger partial charge on any atom is -0.368 e. The third-order valence-corrected chi connectivity index (χ3v) is 4.55. The van der Waals surface area contributed by atoms with Crippen LogP contribution >= 0.6 is 0 Å². The van der Waals surface area contributed by atoms with E-state index in [9.17, 15) is 0 Å². The van der Waals surface area contributed by atoms with Crippen LogP contribution in [0.2, 0.25) is 0 Å². The zero-order chi connectivity index (χ0) is 15.1. The molecule has 0 radical (unpaired) electrons. The van der Waals surface area contributed by atoms with Crippen molar-refractivity contribution in [3.63, 3.8) is 0 Å². The maximum absolute atomic E-state index is 5.90. The molecular formula is C16H20N6. The predicted octanol–water partition coefficient (Wildman–Crippen LogP) is 2.85. The number of pyridine rings is 1. The minimum absolute atomic E-state index is 0.290. The van der Waals surface area contributed by atoms with Crippen molar-refractivity contribution < 1.29 is 0 Å². The molecule has 1 aliphatic carbocycles. The Morgan fingerprint density at radius 3 is 2.77 bits per heavy atom. The van der Waals surface area contributed by atoms with Crippen LogP contribution in [0.15, 0.2) is 24.4 Å². The first-order valence-electron chi connectivity index (χ1n) is 7.88. The summed E-state index contributed by atoms with van der Waals surface area (Å²) in [6.45, 7) is 2.32.